The Morgan fingerprint density at radius 3 is 2.50 bits per heavy atom. The number of hydrogen-bond donors (Lipinski definition) is 1. The second kappa shape index (κ2) is 7.13. The lowest BCUT2D eigenvalue weighted by atomic mass is 10.1. The smallest absolute Gasteiger partial charge is 0.328 e. The van der Waals surface area contributed by atoms with Crippen LogP contribution in [0.15, 0.2) is 16.6 Å². The lowest BCUT2D eigenvalue weighted by Crippen LogP contribution is -2.45. The quantitative estimate of drug-likeness (QED) is 0.664. The highest BCUT2D eigenvalue weighted by Crippen LogP contribution is 2.32. The standard InChI is InChI=1S/C14H18BrNO3S/c1-8-5-6-11(15)9(2)13(8)16(12(17)7-20)10(3)14(18)19-4/h5-6,10,20H,7H2,1-4H3/t10-/m0/s1. The number of methoxy groups -OCH3 is 1. The van der Waals surface area contributed by atoms with Crippen LogP contribution in [0.2, 0.25) is 0 Å². The minimum atomic E-state index is -0.702. The fourth-order valence-electron chi connectivity index (χ4n) is 2.07. The van der Waals surface area contributed by atoms with Gasteiger partial charge >= 0.3 is 5.97 Å². The van der Waals surface area contributed by atoms with Crippen molar-refractivity contribution in [2.45, 2.75) is 26.8 Å². The van der Waals surface area contributed by atoms with Gasteiger partial charge in [-0.3, -0.25) is 9.69 Å². The topological polar surface area (TPSA) is 46.6 Å². The zero-order chi connectivity index (χ0) is 15.4. The van der Waals surface area contributed by atoms with Crippen LogP contribution >= 0.6 is 28.6 Å². The van der Waals surface area contributed by atoms with Crippen molar-refractivity contribution in [3.05, 3.63) is 27.7 Å². The molecule has 0 fully saturated rings. The third kappa shape index (κ3) is 3.35. The van der Waals surface area contributed by atoms with E-state index in [1.54, 1.807) is 6.92 Å². The van der Waals surface area contributed by atoms with Crippen molar-refractivity contribution in [3.8, 4) is 0 Å². The van der Waals surface area contributed by atoms with Crippen molar-refractivity contribution < 1.29 is 14.3 Å². The summed E-state index contributed by atoms with van der Waals surface area (Å²) in [5.74, 6) is -0.679. The van der Waals surface area contributed by atoms with E-state index in [0.717, 1.165) is 21.3 Å². The molecule has 0 bridgehead atoms. The van der Waals surface area contributed by atoms with E-state index in [-0.39, 0.29) is 11.7 Å². The predicted octanol–water partition coefficient (Wildman–Crippen LogP) is 2.89. The number of benzene rings is 1. The summed E-state index contributed by atoms with van der Waals surface area (Å²) in [7, 11) is 1.31. The first kappa shape index (κ1) is 17.0. The van der Waals surface area contributed by atoms with E-state index < -0.39 is 12.0 Å². The molecule has 6 heteroatoms. The fraction of sp³-hybridized carbons (Fsp3) is 0.429. The molecule has 4 nitrogen and oxygen atoms in total. The lowest BCUT2D eigenvalue weighted by Gasteiger charge is -2.30. The number of rotatable bonds is 4. The number of esters is 1. The molecule has 1 atom stereocenters. The van der Waals surface area contributed by atoms with Gasteiger partial charge in [-0.2, -0.15) is 12.6 Å². The number of aryl methyl sites for hydroxylation is 1. The molecule has 0 N–H and O–H groups in total. The SMILES string of the molecule is COC(=O)[C@H](C)N(C(=O)CS)c1c(C)ccc(Br)c1C. The van der Waals surface area contributed by atoms with Crippen molar-refractivity contribution in [2.75, 3.05) is 17.8 Å². The number of hydrogen-bond acceptors (Lipinski definition) is 4. The van der Waals surface area contributed by atoms with Gasteiger partial charge in [-0.15, -0.1) is 0 Å². The second-order valence-electron chi connectivity index (χ2n) is 4.46. The molecule has 1 aromatic carbocycles. The summed E-state index contributed by atoms with van der Waals surface area (Å²) in [6, 6.07) is 3.11. The van der Waals surface area contributed by atoms with Gasteiger partial charge < -0.3 is 4.74 Å². The van der Waals surface area contributed by atoms with Crippen molar-refractivity contribution >= 4 is 46.1 Å². The molecule has 0 aromatic heterocycles. The van der Waals surface area contributed by atoms with Crippen LogP contribution in [0, 0.1) is 13.8 Å². The molecular weight excluding hydrogens is 342 g/mol. The van der Waals surface area contributed by atoms with Crippen LogP contribution in [0.5, 0.6) is 0 Å². The third-order valence-electron chi connectivity index (χ3n) is 3.14. The number of nitrogens with zero attached hydrogens (tertiary/aromatic N) is 1. The fourth-order valence-corrected chi connectivity index (χ4v) is 2.54. The number of amides is 1. The molecule has 0 aliphatic rings. The minimum Gasteiger partial charge on any atom is -0.467 e. The summed E-state index contributed by atoms with van der Waals surface area (Å²) in [6.07, 6.45) is 0. The van der Waals surface area contributed by atoms with E-state index in [1.807, 2.05) is 26.0 Å². The summed E-state index contributed by atoms with van der Waals surface area (Å²) in [6.45, 7) is 5.44. The van der Waals surface area contributed by atoms with E-state index in [9.17, 15) is 9.59 Å². The molecule has 0 heterocycles. The zero-order valence-electron chi connectivity index (χ0n) is 11.9. The molecule has 0 radical (unpaired) electrons. The van der Waals surface area contributed by atoms with Crippen LogP contribution in [0.1, 0.15) is 18.1 Å². The van der Waals surface area contributed by atoms with Gasteiger partial charge in [0.15, 0.2) is 0 Å². The van der Waals surface area contributed by atoms with E-state index in [0.29, 0.717) is 0 Å². The van der Waals surface area contributed by atoms with Gasteiger partial charge in [-0.25, -0.2) is 4.79 Å². The Bertz CT molecular complexity index is 533. The number of anilines is 1. The van der Waals surface area contributed by atoms with Crippen LogP contribution < -0.4 is 4.90 Å². The normalized spacial score (nSPS) is 11.9. The maximum Gasteiger partial charge on any atom is 0.328 e. The predicted molar refractivity (Wildman–Crippen MR) is 86.4 cm³/mol. The van der Waals surface area contributed by atoms with E-state index in [1.165, 1.54) is 12.0 Å². The Kier molecular flexibility index (Phi) is 6.07. The van der Waals surface area contributed by atoms with Gasteiger partial charge in [-0.1, -0.05) is 22.0 Å². The first-order valence-electron chi connectivity index (χ1n) is 6.11. The number of halogens is 1. The van der Waals surface area contributed by atoms with Gasteiger partial charge in [0.05, 0.1) is 18.6 Å². The van der Waals surface area contributed by atoms with Gasteiger partial charge in [-0.05, 0) is 38.0 Å². The van der Waals surface area contributed by atoms with E-state index >= 15 is 0 Å². The molecule has 0 aliphatic carbocycles. The highest BCUT2D eigenvalue weighted by molar-refractivity contribution is 9.10. The molecule has 20 heavy (non-hydrogen) atoms. The molecule has 0 spiro atoms. The zero-order valence-corrected chi connectivity index (χ0v) is 14.4. The lowest BCUT2D eigenvalue weighted by molar-refractivity contribution is -0.142. The van der Waals surface area contributed by atoms with Gasteiger partial charge in [0.2, 0.25) is 5.91 Å². The maximum absolute atomic E-state index is 12.2. The number of thiol groups is 1. The Balaban J connectivity index is 3.43. The maximum atomic E-state index is 12.2. The third-order valence-corrected chi connectivity index (χ3v) is 4.27. The highest BCUT2D eigenvalue weighted by Gasteiger charge is 2.29. The number of carbonyl (C=O) groups is 2. The van der Waals surface area contributed by atoms with Crippen molar-refractivity contribution in [1.82, 2.24) is 0 Å². The average molecular weight is 360 g/mol. The summed E-state index contributed by atoms with van der Waals surface area (Å²) in [4.78, 5) is 25.5. The van der Waals surface area contributed by atoms with Crippen LogP contribution in [-0.2, 0) is 14.3 Å². The summed E-state index contributed by atoms with van der Waals surface area (Å²) >= 11 is 7.49. The minimum absolute atomic E-state index is 0.0206. The van der Waals surface area contributed by atoms with Gasteiger partial charge in [0, 0.05) is 4.47 Å². The van der Waals surface area contributed by atoms with E-state index in [4.69, 9.17) is 4.74 Å². The molecule has 1 aromatic rings. The molecule has 0 aliphatic heterocycles. The van der Waals surface area contributed by atoms with Crippen LogP contribution in [-0.4, -0.2) is 30.8 Å². The first-order chi connectivity index (χ1) is 9.34. The molecule has 1 rings (SSSR count). The Morgan fingerprint density at radius 2 is 2.00 bits per heavy atom. The largest absolute Gasteiger partial charge is 0.467 e. The van der Waals surface area contributed by atoms with Gasteiger partial charge in [0.1, 0.15) is 6.04 Å². The van der Waals surface area contributed by atoms with Gasteiger partial charge in [0.25, 0.3) is 0 Å². The Labute approximate surface area is 133 Å². The van der Waals surface area contributed by atoms with Crippen LogP contribution in [0.3, 0.4) is 0 Å². The number of carbonyl (C=O) groups excluding carboxylic acids is 2. The van der Waals surface area contributed by atoms with Crippen molar-refractivity contribution in [2.24, 2.45) is 0 Å². The summed E-state index contributed by atoms with van der Waals surface area (Å²) in [5.41, 5.74) is 2.53. The monoisotopic (exact) mass is 359 g/mol. The highest BCUT2D eigenvalue weighted by atomic mass is 79.9. The second-order valence-corrected chi connectivity index (χ2v) is 5.63. The average Bonchev–Trinajstić information content (AvgIpc) is 2.45. The molecule has 0 unspecified atom stereocenters. The van der Waals surface area contributed by atoms with Crippen molar-refractivity contribution in [1.29, 1.82) is 0 Å². The summed E-state index contributed by atoms with van der Waals surface area (Å²) < 4.78 is 5.63. The van der Waals surface area contributed by atoms with Crippen molar-refractivity contribution in [3.63, 3.8) is 0 Å². The molecule has 0 saturated heterocycles. The molecule has 110 valence electrons. The molecule has 1 amide bonds. The van der Waals surface area contributed by atoms with Crippen LogP contribution in [0.25, 0.3) is 0 Å². The van der Waals surface area contributed by atoms with E-state index in [2.05, 4.69) is 28.6 Å². The Morgan fingerprint density at radius 1 is 1.40 bits per heavy atom. The summed E-state index contributed by atoms with van der Waals surface area (Å²) in [5, 5.41) is 0. The molecule has 0 saturated carbocycles. The van der Waals surface area contributed by atoms with Crippen LogP contribution in [0.4, 0.5) is 5.69 Å². The molecular formula is C14H18BrNO3S. The number of ether oxygens (including phenoxy) is 1. The Hall–Kier alpha value is -1.01. The first-order valence-corrected chi connectivity index (χ1v) is 7.54.